The highest BCUT2D eigenvalue weighted by atomic mass is 16.6. The van der Waals surface area contributed by atoms with E-state index in [0.717, 1.165) is 26.2 Å². The van der Waals surface area contributed by atoms with E-state index >= 15 is 0 Å². The molecule has 102 valence electrons. The fourth-order valence-corrected chi connectivity index (χ4v) is 2.94. The molecule has 2 aliphatic rings. The van der Waals surface area contributed by atoms with Gasteiger partial charge in [0.2, 0.25) is 0 Å². The van der Waals surface area contributed by atoms with E-state index in [0.29, 0.717) is 11.7 Å². The number of fused-ring (bicyclic) bond motifs is 1. The van der Waals surface area contributed by atoms with Crippen molar-refractivity contribution in [2.45, 2.75) is 12.1 Å². The number of nitro benzene ring substituents is 1. The molecule has 2 aliphatic heterocycles. The van der Waals surface area contributed by atoms with Gasteiger partial charge in [0.15, 0.2) is 0 Å². The summed E-state index contributed by atoms with van der Waals surface area (Å²) in [5.74, 6) is 0. The van der Waals surface area contributed by atoms with Gasteiger partial charge in [-0.15, -0.1) is 0 Å². The van der Waals surface area contributed by atoms with Crippen LogP contribution < -0.4 is 4.90 Å². The van der Waals surface area contributed by atoms with Gasteiger partial charge in [0, 0.05) is 25.7 Å². The number of hydrogen-bond acceptors (Lipinski definition) is 5. The molecule has 1 aromatic carbocycles. The number of morpholine rings is 1. The van der Waals surface area contributed by atoms with Gasteiger partial charge in [-0.2, -0.15) is 0 Å². The fraction of sp³-hybridized carbons (Fsp3) is 0.538. The normalized spacial score (nSPS) is 27.3. The van der Waals surface area contributed by atoms with E-state index < -0.39 is 0 Å². The summed E-state index contributed by atoms with van der Waals surface area (Å²) in [6.07, 6.45) is 0.151. The minimum atomic E-state index is -0.318. The predicted octanol–water partition coefficient (Wildman–Crippen LogP) is 1.11. The first-order chi connectivity index (χ1) is 9.16. The monoisotopic (exact) mass is 263 g/mol. The summed E-state index contributed by atoms with van der Waals surface area (Å²) in [4.78, 5) is 15.1. The summed E-state index contributed by atoms with van der Waals surface area (Å²) in [7, 11) is 2.09. The average Bonchev–Trinajstić information content (AvgIpc) is 2.84. The van der Waals surface area contributed by atoms with Crippen molar-refractivity contribution in [1.82, 2.24) is 4.90 Å². The smallest absolute Gasteiger partial charge is 0.292 e. The van der Waals surface area contributed by atoms with E-state index in [4.69, 9.17) is 4.74 Å². The van der Waals surface area contributed by atoms with Crippen LogP contribution in [-0.4, -0.2) is 55.3 Å². The maximum atomic E-state index is 11.1. The highest BCUT2D eigenvalue weighted by Gasteiger charge is 2.40. The van der Waals surface area contributed by atoms with Crippen molar-refractivity contribution in [2.24, 2.45) is 0 Å². The molecule has 0 bridgehead atoms. The van der Waals surface area contributed by atoms with E-state index in [9.17, 15) is 10.1 Å². The van der Waals surface area contributed by atoms with Gasteiger partial charge in [-0.25, -0.2) is 0 Å². The number of hydrogen-bond donors (Lipinski definition) is 0. The highest BCUT2D eigenvalue weighted by molar-refractivity contribution is 5.64. The van der Waals surface area contributed by atoms with Crippen molar-refractivity contribution in [3.8, 4) is 0 Å². The minimum absolute atomic E-state index is 0.151. The molecular weight excluding hydrogens is 246 g/mol. The number of ether oxygens (including phenoxy) is 1. The van der Waals surface area contributed by atoms with E-state index in [1.54, 1.807) is 12.1 Å². The van der Waals surface area contributed by atoms with E-state index in [2.05, 4.69) is 16.8 Å². The molecule has 3 rings (SSSR count). The zero-order valence-electron chi connectivity index (χ0n) is 10.9. The van der Waals surface area contributed by atoms with Gasteiger partial charge in [-0.1, -0.05) is 12.1 Å². The first kappa shape index (κ1) is 12.4. The molecule has 0 radical (unpaired) electrons. The second kappa shape index (κ2) is 4.79. The summed E-state index contributed by atoms with van der Waals surface area (Å²) in [6, 6.07) is 7.24. The molecule has 6 heteroatoms. The van der Waals surface area contributed by atoms with Gasteiger partial charge >= 0.3 is 0 Å². The molecule has 2 unspecified atom stereocenters. The fourth-order valence-electron chi connectivity index (χ4n) is 2.94. The molecule has 2 heterocycles. The summed E-state index contributed by atoms with van der Waals surface area (Å²) >= 11 is 0. The van der Waals surface area contributed by atoms with Gasteiger partial charge in [0.25, 0.3) is 5.69 Å². The van der Waals surface area contributed by atoms with Crippen LogP contribution in [0.2, 0.25) is 0 Å². The Hall–Kier alpha value is -1.66. The van der Waals surface area contributed by atoms with E-state index in [1.807, 2.05) is 12.1 Å². The topological polar surface area (TPSA) is 58.8 Å². The first-order valence-corrected chi connectivity index (χ1v) is 6.47. The molecule has 2 saturated heterocycles. The third-order valence-corrected chi connectivity index (χ3v) is 4.00. The van der Waals surface area contributed by atoms with Crippen LogP contribution in [0.15, 0.2) is 24.3 Å². The van der Waals surface area contributed by atoms with Crippen molar-refractivity contribution in [1.29, 1.82) is 0 Å². The second-order valence-corrected chi connectivity index (χ2v) is 5.11. The number of likely N-dealkylation sites (N-methyl/N-ethyl adjacent to an activating group) is 1. The van der Waals surface area contributed by atoms with Crippen molar-refractivity contribution >= 4 is 11.4 Å². The Kier molecular flexibility index (Phi) is 3.12. The van der Waals surface area contributed by atoms with E-state index in [-0.39, 0.29) is 16.7 Å². The van der Waals surface area contributed by atoms with Crippen molar-refractivity contribution in [3.63, 3.8) is 0 Å². The van der Waals surface area contributed by atoms with Gasteiger partial charge in [-0.05, 0) is 13.1 Å². The van der Waals surface area contributed by atoms with Crippen LogP contribution in [-0.2, 0) is 4.74 Å². The van der Waals surface area contributed by atoms with Crippen molar-refractivity contribution in [2.75, 3.05) is 38.2 Å². The lowest BCUT2D eigenvalue weighted by Gasteiger charge is -2.33. The molecule has 19 heavy (non-hydrogen) atoms. The van der Waals surface area contributed by atoms with Crippen LogP contribution in [0.1, 0.15) is 0 Å². The van der Waals surface area contributed by atoms with Gasteiger partial charge in [0.1, 0.15) is 5.69 Å². The van der Waals surface area contributed by atoms with Crippen LogP contribution in [0.5, 0.6) is 0 Å². The summed E-state index contributed by atoms with van der Waals surface area (Å²) in [5.41, 5.74) is 0.864. The zero-order valence-corrected chi connectivity index (χ0v) is 10.9. The number of rotatable bonds is 2. The Morgan fingerprint density at radius 3 is 2.89 bits per heavy atom. The Bertz CT molecular complexity index is 494. The molecule has 2 atom stereocenters. The quantitative estimate of drug-likeness (QED) is 0.591. The van der Waals surface area contributed by atoms with Gasteiger partial charge in [-0.3, -0.25) is 15.0 Å². The van der Waals surface area contributed by atoms with Crippen LogP contribution >= 0.6 is 0 Å². The molecule has 0 aliphatic carbocycles. The molecule has 0 N–H and O–H groups in total. The third-order valence-electron chi connectivity index (χ3n) is 4.00. The van der Waals surface area contributed by atoms with Crippen LogP contribution in [0.3, 0.4) is 0 Å². The van der Waals surface area contributed by atoms with Crippen LogP contribution in [0.4, 0.5) is 11.4 Å². The van der Waals surface area contributed by atoms with Crippen LogP contribution in [0.25, 0.3) is 0 Å². The van der Waals surface area contributed by atoms with Crippen molar-refractivity contribution in [3.05, 3.63) is 34.4 Å². The maximum Gasteiger partial charge on any atom is 0.292 e. The highest BCUT2D eigenvalue weighted by Crippen LogP contribution is 2.32. The van der Waals surface area contributed by atoms with E-state index in [1.165, 1.54) is 0 Å². The van der Waals surface area contributed by atoms with Gasteiger partial charge < -0.3 is 9.64 Å². The molecule has 0 saturated carbocycles. The molecule has 1 aromatic rings. The predicted molar refractivity (Wildman–Crippen MR) is 71.5 cm³/mol. The Labute approximate surface area is 111 Å². The number of nitrogens with zero attached hydrogens (tertiary/aromatic N) is 3. The molecule has 0 aromatic heterocycles. The minimum Gasteiger partial charge on any atom is -0.373 e. The SMILES string of the molecule is CN1CCOC2CN(c3ccccc3[N+](=O)[O-])CC21. The zero-order chi connectivity index (χ0) is 13.4. The number of para-hydroxylation sites is 2. The van der Waals surface area contributed by atoms with Crippen LogP contribution in [0, 0.1) is 10.1 Å². The first-order valence-electron chi connectivity index (χ1n) is 6.47. The maximum absolute atomic E-state index is 11.1. The number of nitro groups is 1. The Morgan fingerprint density at radius 2 is 2.16 bits per heavy atom. The largest absolute Gasteiger partial charge is 0.373 e. The number of benzene rings is 1. The third kappa shape index (κ3) is 2.17. The van der Waals surface area contributed by atoms with Crippen molar-refractivity contribution < 1.29 is 9.66 Å². The Morgan fingerprint density at radius 1 is 1.37 bits per heavy atom. The molecule has 6 nitrogen and oxygen atoms in total. The summed E-state index contributed by atoms with van der Waals surface area (Å²) in [5, 5.41) is 11.1. The molecular formula is C13H17N3O3. The molecule has 0 amide bonds. The van der Waals surface area contributed by atoms with Gasteiger partial charge in [0.05, 0.1) is 23.7 Å². The molecule has 2 fully saturated rings. The average molecular weight is 263 g/mol. The number of anilines is 1. The second-order valence-electron chi connectivity index (χ2n) is 5.11. The summed E-state index contributed by atoms with van der Waals surface area (Å²) in [6.45, 7) is 3.17. The standard InChI is InChI=1S/C13H17N3O3/c1-14-6-7-19-13-9-15(8-12(13)14)10-4-2-3-5-11(10)16(17)18/h2-5,12-13H,6-9H2,1H3. The Balaban J connectivity index is 1.86. The summed E-state index contributed by atoms with van der Waals surface area (Å²) < 4.78 is 5.77. The lowest BCUT2D eigenvalue weighted by molar-refractivity contribution is -0.384. The lowest BCUT2D eigenvalue weighted by atomic mass is 10.1. The lowest BCUT2D eigenvalue weighted by Crippen LogP contribution is -2.48. The molecule has 0 spiro atoms.